The molecule has 1 aromatic heterocycles. The van der Waals surface area contributed by atoms with Gasteiger partial charge in [-0.15, -0.1) is 11.3 Å². The Morgan fingerprint density at radius 1 is 1.58 bits per heavy atom. The van der Waals surface area contributed by atoms with Gasteiger partial charge in [0.05, 0.1) is 5.01 Å². The summed E-state index contributed by atoms with van der Waals surface area (Å²) in [5.41, 5.74) is 5.43. The zero-order valence-electron chi connectivity index (χ0n) is 7.58. The molecule has 0 atom stereocenters. The van der Waals surface area contributed by atoms with Crippen LogP contribution in [0.4, 0.5) is 0 Å². The number of thiazole rings is 1. The molecular formula is C8H15N3S. The fourth-order valence-electron chi connectivity index (χ4n) is 0.972. The van der Waals surface area contributed by atoms with Crippen molar-refractivity contribution in [3.05, 3.63) is 16.1 Å². The van der Waals surface area contributed by atoms with Crippen molar-refractivity contribution in [3.63, 3.8) is 0 Å². The van der Waals surface area contributed by atoms with E-state index in [0.29, 0.717) is 6.54 Å². The fourth-order valence-corrected chi connectivity index (χ4v) is 2.03. The first-order valence-corrected chi connectivity index (χ1v) is 4.82. The molecule has 1 aromatic rings. The Morgan fingerprint density at radius 3 is 2.92 bits per heavy atom. The molecule has 0 saturated heterocycles. The van der Waals surface area contributed by atoms with Crippen LogP contribution in [0.3, 0.4) is 0 Å². The van der Waals surface area contributed by atoms with Crippen molar-refractivity contribution < 1.29 is 0 Å². The minimum absolute atomic E-state index is 0.689. The van der Waals surface area contributed by atoms with E-state index in [9.17, 15) is 0 Å². The number of rotatable bonds is 4. The van der Waals surface area contributed by atoms with Crippen molar-refractivity contribution in [1.82, 2.24) is 9.88 Å². The third-order valence-electron chi connectivity index (χ3n) is 1.43. The first kappa shape index (κ1) is 9.64. The quantitative estimate of drug-likeness (QED) is 0.751. The summed E-state index contributed by atoms with van der Waals surface area (Å²) in [7, 11) is 4.12. The van der Waals surface area contributed by atoms with Gasteiger partial charge in [0.25, 0.3) is 0 Å². The maximum Gasteiger partial charge on any atom is 0.0940 e. The lowest BCUT2D eigenvalue weighted by molar-refractivity contribution is 0.406. The molecule has 2 N–H and O–H groups in total. The van der Waals surface area contributed by atoms with Gasteiger partial charge in [0.15, 0.2) is 0 Å². The van der Waals surface area contributed by atoms with Crippen LogP contribution < -0.4 is 5.73 Å². The average Bonchev–Trinajstić information content (AvgIpc) is 2.36. The van der Waals surface area contributed by atoms with Crippen LogP contribution in [0.15, 0.2) is 6.20 Å². The zero-order chi connectivity index (χ0) is 8.97. The molecule has 0 aromatic carbocycles. The molecule has 0 aliphatic carbocycles. The highest BCUT2D eigenvalue weighted by atomic mass is 32.1. The van der Waals surface area contributed by atoms with Gasteiger partial charge in [0.1, 0.15) is 0 Å². The molecule has 0 aliphatic heterocycles. The van der Waals surface area contributed by atoms with Crippen molar-refractivity contribution in [2.24, 2.45) is 5.73 Å². The molecule has 1 rings (SSSR count). The molecule has 0 saturated carbocycles. The van der Waals surface area contributed by atoms with E-state index in [0.717, 1.165) is 18.0 Å². The second kappa shape index (κ2) is 4.54. The molecule has 0 bridgehead atoms. The first-order valence-electron chi connectivity index (χ1n) is 4.00. The Bertz CT molecular complexity index is 232. The van der Waals surface area contributed by atoms with Gasteiger partial charge >= 0.3 is 0 Å². The largest absolute Gasteiger partial charge is 0.330 e. The summed E-state index contributed by atoms with van der Waals surface area (Å²) in [6.45, 7) is 1.66. The Hall–Kier alpha value is -0.450. The maximum absolute atomic E-state index is 5.43. The summed E-state index contributed by atoms with van der Waals surface area (Å²) in [5, 5.41) is 1.15. The summed E-state index contributed by atoms with van der Waals surface area (Å²) in [6, 6.07) is 0. The minimum atomic E-state index is 0.689. The molecule has 0 fully saturated rings. The van der Waals surface area contributed by atoms with Gasteiger partial charge in [-0.05, 0) is 20.6 Å². The molecule has 0 amide bonds. The molecule has 3 nitrogen and oxygen atoms in total. The van der Waals surface area contributed by atoms with Crippen LogP contribution in [0.25, 0.3) is 0 Å². The molecule has 4 heteroatoms. The zero-order valence-corrected chi connectivity index (χ0v) is 8.40. The lowest BCUT2D eigenvalue weighted by Crippen LogP contribution is -2.09. The first-order chi connectivity index (χ1) is 5.72. The van der Waals surface area contributed by atoms with Gasteiger partial charge in [0.2, 0.25) is 0 Å². The highest BCUT2D eigenvalue weighted by Gasteiger charge is 2.01. The Morgan fingerprint density at radius 2 is 2.33 bits per heavy atom. The predicted octanol–water partition coefficient (Wildman–Crippen LogP) is 0.706. The number of aromatic nitrogens is 1. The highest BCUT2D eigenvalue weighted by molar-refractivity contribution is 7.11. The van der Waals surface area contributed by atoms with Gasteiger partial charge in [0, 0.05) is 24.0 Å². The monoisotopic (exact) mass is 185 g/mol. The lowest BCUT2D eigenvalue weighted by atomic mass is 10.4. The van der Waals surface area contributed by atoms with Gasteiger partial charge in [-0.2, -0.15) is 0 Å². The van der Waals surface area contributed by atoms with Gasteiger partial charge in [-0.25, -0.2) is 4.98 Å². The summed E-state index contributed by atoms with van der Waals surface area (Å²) >= 11 is 1.75. The number of nitrogens with zero attached hydrogens (tertiary/aromatic N) is 2. The third kappa shape index (κ3) is 2.89. The molecule has 0 unspecified atom stereocenters. The topological polar surface area (TPSA) is 42.2 Å². The van der Waals surface area contributed by atoms with Crippen molar-refractivity contribution in [2.75, 3.05) is 20.6 Å². The van der Waals surface area contributed by atoms with Crippen LogP contribution in [-0.4, -0.2) is 30.5 Å². The SMILES string of the molecule is CN(C)Cc1cnc(CCN)s1. The van der Waals surface area contributed by atoms with Crippen molar-refractivity contribution in [3.8, 4) is 0 Å². The lowest BCUT2D eigenvalue weighted by Gasteiger charge is -2.05. The van der Waals surface area contributed by atoms with E-state index in [-0.39, 0.29) is 0 Å². The molecule has 12 heavy (non-hydrogen) atoms. The van der Waals surface area contributed by atoms with Crippen molar-refractivity contribution in [2.45, 2.75) is 13.0 Å². The molecule has 0 spiro atoms. The van der Waals surface area contributed by atoms with E-state index < -0.39 is 0 Å². The van der Waals surface area contributed by atoms with Crippen LogP contribution in [0.2, 0.25) is 0 Å². The van der Waals surface area contributed by atoms with Crippen molar-refractivity contribution in [1.29, 1.82) is 0 Å². The Balaban J connectivity index is 2.52. The second-order valence-electron chi connectivity index (χ2n) is 3.00. The number of hydrogen-bond donors (Lipinski definition) is 1. The van der Waals surface area contributed by atoms with E-state index in [1.165, 1.54) is 4.88 Å². The normalized spacial score (nSPS) is 11.0. The molecular weight excluding hydrogens is 170 g/mol. The Kier molecular flexibility index (Phi) is 3.65. The average molecular weight is 185 g/mol. The van der Waals surface area contributed by atoms with Gasteiger partial charge < -0.3 is 10.6 Å². The molecule has 68 valence electrons. The molecule has 0 aliphatic rings. The third-order valence-corrected chi connectivity index (χ3v) is 2.47. The maximum atomic E-state index is 5.43. The summed E-state index contributed by atoms with van der Waals surface area (Å²) in [5.74, 6) is 0. The number of hydrogen-bond acceptors (Lipinski definition) is 4. The van der Waals surface area contributed by atoms with Crippen LogP contribution in [0.1, 0.15) is 9.88 Å². The molecule has 0 radical (unpaired) electrons. The molecule has 1 heterocycles. The van der Waals surface area contributed by atoms with Crippen LogP contribution in [0, 0.1) is 0 Å². The fraction of sp³-hybridized carbons (Fsp3) is 0.625. The van der Waals surface area contributed by atoms with Crippen LogP contribution in [-0.2, 0) is 13.0 Å². The Labute approximate surface area is 77.2 Å². The highest BCUT2D eigenvalue weighted by Crippen LogP contribution is 2.13. The summed E-state index contributed by atoms with van der Waals surface area (Å²) < 4.78 is 0. The van der Waals surface area contributed by atoms with Gasteiger partial charge in [-0.3, -0.25) is 0 Å². The van der Waals surface area contributed by atoms with E-state index in [2.05, 4.69) is 24.0 Å². The van der Waals surface area contributed by atoms with E-state index >= 15 is 0 Å². The van der Waals surface area contributed by atoms with E-state index in [1.54, 1.807) is 11.3 Å². The van der Waals surface area contributed by atoms with Crippen molar-refractivity contribution >= 4 is 11.3 Å². The summed E-state index contributed by atoms with van der Waals surface area (Å²) in [6.07, 6.45) is 2.84. The van der Waals surface area contributed by atoms with E-state index in [1.807, 2.05) is 6.20 Å². The second-order valence-corrected chi connectivity index (χ2v) is 4.20. The van der Waals surface area contributed by atoms with Crippen LogP contribution >= 0.6 is 11.3 Å². The van der Waals surface area contributed by atoms with Gasteiger partial charge in [-0.1, -0.05) is 0 Å². The standard InChI is InChI=1S/C8H15N3S/c1-11(2)6-7-5-10-8(12-7)3-4-9/h5H,3-4,6,9H2,1-2H3. The number of nitrogens with two attached hydrogens (primary N) is 1. The minimum Gasteiger partial charge on any atom is -0.330 e. The van der Waals surface area contributed by atoms with E-state index in [4.69, 9.17) is 5.73 Å². The predicted molar refractivity (Wildman–Crippen MR) is 52.3 cm³/mol. The summed E-state index contributed by atoms with van der Waals surface area (Å²) in [4.78, 5) is 7.72. The van der Waals surface area contributed by atoms with Crippen LogP contribution in [0.5, 0.6) is 0 Å². The smallest absolute Gasteiger partial charge is 0.0940 e.